The number of rotatable bonds is 7. The Bertz CT molecular complexity index is 777. The maximum atomic E-state index is 5.34. The van der Waals surface area contributed by atoms with Crippen LogP contribution in [0.4, 0.5) is 0 Å². The standard InChI is InChI=1S/C18H22N4O2/c1-13-19-17(24-21-13)18(2,3)12-8-7-11-15-20-16(22-23-15)14-9-5-4-6-10-14/h4-6,9-10H,7-8,11-12H2,1-3H3. The lowest BCUT2D eigenvalue weighted by Gasteiger charge is -2.19. The van der Waals surface area contributed by atoms with Crippen molar-refractivity contribution < 1.29 is 9.05 Å². The Kier molecular flexibility index (Phi) is 4.74. The van der Waals surface area contributed by atoms with Crippen LogP contribution in [0.5, 0.6) is 0 Å². The molecule has 0 aliphatic carbocycles. The first kappa shape index (κ1) is 16.4. The summed E-state index contributed by atoms with van der Waals surface area (Å²) >= 11 is 0. The Hall–Kier alpha value is -2.50. The largest absolute Gasteiger partial charge is 0.339 e. The van der Waals surface area contributed by atoms with Crippen LogP contribution in [-0.2, 0) is 11.8 Å². The molecule has 0 aliphatic heterocycles. The van der Waals surface area contributed by atoms with E-state index in [9.17, 15) is 0 Å². The Balaban J connectivity index is 1.49. The number of nitrogens with zero attached hydrogens (tertiary/aromatic N) is 4. The molecule has 0 bridgehead atoms. The second kappa shape index (κ2) is 6.95. The van der Waals surface area contributed by atoms with Crippen LogP contribution >= 0.6 is 0 Å². The van der Waals surface area contributed by atoms with E-state index in [4.69, 9.17) is 9.05 Å². The van der Waals surface area contributed by atoms with Gasteiger partial charge < -0.3 is 9.05 Å². The van der Waals surface area contributed by atoms with Crippen LogP contribution in [-0.4, -0.2) is 20.3 Å². The highest BCUT2D eigenvalue weighted by molar-refractivity contribution is 5.53. The van der Waals surface area contributed by atoms with Crippen LogP contribution in [0, 0.1) is 6.92 Å². The summed E-state index contributed by atoms with van der Waals surface area (Å²) in [5.74, 6) is 2.70. The molecule has 0 aliphatic rings. The maximum absolute atomic E-state index is 5.34. The molecule has 126 valence electrons. The summed E-state index contributed by atoms with van der Waals surface area (Å²) in [6.07, 6.45) is 3.75. The fourth-order valence-corrected chi connectivity index (χ4v) is 2.58. The van der Waals surface area contributed by atoms with Gasteiger partial charge in [0.1, 0.15) is 0 Å². The van der Waals surface area contributed by atoms with Gasteiger partial charge in [0.05, 0.1) is 0 Å². The van der Waals surface area contributed by atoms with Crippen LogP contribution in [0.25, 0.3) is 11.4 Å². The summed E-state index contributed by atoms with van der Waals surface area (Å²) < 4.78 is 10.6. The van der Waals surface area contributed by atoms with Crippen LogP contribution in [0.2, 0.25) is 0 Å². The van der Waals surface area contributed by atoms with E-state index in [0.29, 0.717) is 23.4 Å². The maximum Gasteiger partial charge on any atom is 0.232 e. The fraction of sp³-hybridized carbons (Fsp3) is 0.444. The van der Waals surface area contributed by atoms with Crippen molar-refractivity contribution in [2.75, 3.05) is 0 Å². The van der Waals surface area contributed by atoms with E-state index in [2.05, 4.69) is 34.1 Å². The van der Waals surface area contributed by atoms with Gasteiger partial charge in [-0.2, -0.15) is 9.97 Å². The van der Waals surface area contributed by atoms with Crippen LogP contribution in [0.1, 0.15) is 50.7 Å². The van der Waals surface area contributed by atoms with E-state index in [0.717, 1.165) is 31.2 Å². The van der Waals surface area contributed by atoms with Crippen molar-refractivity contribution in [2.24, 2.45) is 0 Å². The van der Waals surface area contributed by atoms with Crippen molar-refractivity contribution in [3.8, 4) is 11.4 Å². The Morgan fingerprint density at radius 1 is 0.958 bits per heavy atom. The minimum Gasteiger partial charge on any atom is -0.339 e. The predicted octanol–water partition coefficient (Wildman–Crippen LogP) is 4.12. The van der Waals surface area contributed by atoms with Crippen molar-refractivity contribution in [3.05, 3.63) is 47.9 Å². The van der Waals surface area contributed by atoms with Gasteiger partial charge in [-0.1, -0.05) is 60.9 Å². The Morgan fingerprint density at radius 2 is 1.75 bits per heavy atom. The lowest BCUT2D eigenvalue weighted by Crippen LogP contribution is -2.17. The second-order valence-corrected chi connectivity index (χ2v) is 6.62. The molecule has 0 fully saturated rings. The van der Waals surface area contributed by atoms with Crippen molar-refractivity contribution in [2.45, 2.75) is 51.9 Å². The molecule has 24 heavy (non-hydrogen) atoms. The molecule has 2 heterocycles. The molecule has 6 heteroatoms. The van der Waals surface area contributed by atoms with E-state index in [-0.39, 0.29) is 5.41 Å². The number of aryl methyl sites for hydroxylation is 2. The SMILES string of the molecule is Cc1noc(C(C)(C)CCCCc2nc(-c3ccccc3)no2)n1. The molecule has 0 atom stereocenters. The molecule has 0 saturated heterocycles. The number of hydrogen-bond acceptors (Lipinski definition) is 6. The van der Waals surface area contributed by atoms with Gasteiger partial charge >= 0.3 is 0 Å². The van der Waals surface area contributed by atoms with Gasteiger partial charge in [0.2, 0.25) is 17.6 Å². The first-order valence-corrected chi connectivity index (χ1v) is 8.23. The van der Waals surface area contributed by atoms with Crippen LogP contribution < -0.4 is 0 Å². The lowest BCUT2D eigenvalue weighted by molar-refractivity contribution is 0.288. The molecule has 0 radical (unpaired) electrons. The summed E-state index contributed by atoms with van der Waals surface area (Å²) in [6.45, 7) is 6.09. The first-order chi connectivity index (χ1) is 11.5. The summed E-state index contributed by atoms with van der Waals surface area (Å²) in [7, 11) is 0. The Labute approximate surface area is 141 Å². The molecule has 0 saturated carbocycles. The lowest BCUT2D eigenvalue weighted by atomic mass is 9.87. The van der Waals surface area contributed by atoms with Crippen molar-refractivity contribution >= 4 is 0 Å². The zero-order chi connectivity index (χ0) is 17.0. The molecule has 3 aromatic rings. The third-order valence-electron chi connectivity index (χ3n) is 4.05. The average molecular weight is 326 g/mol. The second-order valence-electron chi connectivity index (χ2n) is 6.62. The molecule has 0 amide bonds. The number of hydrogen-bond donors (Lipinski definition) is 0. The average Bonchev–Trinajstić information content (AvgIpc) is 3.22. The minimum absolute atomic E-state index is 0.120. The summed E-state index contributed by atoms with van der Waals surface area (Å²) in [5.41, 5.74) is 0.853. The number of unbranched alkanes of at least 4 members (excludes halogenated alkanes) is 1. The van der Waals surface area contributed by atoms with E-state index >= 15 is 0 Å². The van der Waals surface area contributed by atoms with Crippen LogP contribution in [0.3, 0.4) is 0 Å². The molecular weight excluding hydrogens is 304 g/mol. The third kappa shape index (κ3) is 3.88. The molecule has 0 N–H and O–H groups in total. The van der Waals surface area contributed by atoms with E-state index in [1.54, 1.807) is 0 Å². The van der Waals surface area contributed by atoms with Crippen LogP contribution in [0.15, 0.2) is 39.4 Å². The summed E-state index contributed by atoms with van der Waals surface area (Å²) in [6, 6.07) is 9.85. The van der Waals surface area contributed by atoms with Crippen molar-refractivity contribution in [1.82, 2.24) is 20.3 Å². The topological polar surface area (TPSA) is 77.8 Å². The molecule has 3 rings (SSSR count). The molecule has 0 unspecified atom stereocenters. The van der Waals surface area contributed by atoms with Gasteiger partial charge in [0.25, 0.3) is 0 Å². The monoisotopic (exact) mass is 326 g/mol. The summed E-state index contributed by atoms with van der Waals surface area (Å²) in [5, 5.41) is 7.92. The zero-order valence-electron chi connectivity index (χ0n) is 14.3. The fourth-order valence-electron chi connectivity index (χ4n) is 2.58. The third-order valence-corrected chi connectivity index (χ3v) is 4.05. The molecular formula is C18H22N4O2. The van der Waals surface area contributed by atoms with Gasteiger partial charge in [0, 0.05) is 17.4 Å². The van der Waals surface area contributed by atoms with Gasteiger partial charge in [-0.05, 0) is 19.8 Å². The number of aromatic nitrogens is 4. The Morgan fingerprint density at radius 3 is 2.46 bits per heavy atom. The van der Waals surface area contributed by atoms with E-state index in [1.807, 2.05) is 37.3 Å². The highest BCUT2D eigenvalue weighted by Gasteiger charge is 2.26. The summed E-state index contributed by atoms with van der Waals surface area (Å²) in [4.78, 5) is 8.79. The van der Waals surface area contributed by atoms with Gasteiger partial charge in [0.15, 0.2) is 5.82 Å². The normalized spacial score (nSPS) is 11.8. The van der Waals surface area contributed by atoms with Gasteiger partial charge in [-0.25, -0.2) is 0 Å². The number of benzene rings is 1. The van der Waals surface area contributed by atoms with Crippen molar-refractivity contribution in [3.63, 3.8) is 0 Å². The van der Waals surface area contributed by atoms with Gasteiger partial charge in [-0.3, -0.25) is 0 Å². The molecule has 2 aromatic heterocycles. The quantitative estimate of drug-likeness (QED) is 0.608. The molecule has 0 spiro atoms. The first-order valence-electron chi connectivity index (χ1n) is 8.23. The van der Waals surface area contributed by atoms with Gasteiger partial charge in [-0.15, -0.1) is 0 Å². The minimum atomic E-state index is -0.120. The molecule has 1 aromatic carbocycles. The van der Waals surface area contributed by atoms with Crippen molar-refractivity contribution in [1.29, 1.82) is 0 Å². The highest BCUT2D eigenvalue weighted by Crippen LogP contribution is 2.28. The molecule has 6 nitrogen and oxygen atoms in total. The van der Waals surface area contributed by atoms with E-state index < -0.39 is 0 Å². The zero-order valence-corrected chi connectivity index (χ0v) is 14.3. The highest BCUT2D eigenvalue weighted by atomic mass is 16.5. The predicted molar refractivity (Wildman–Crippen MR) is 89.4 cm³/mol. The van der Waals surface area contributed by atoms with E-state index in [1.165, 1.54) is 0 Å². The smallest absolute Gasteiger partial charge is 0.232 e.